The minimum Gasteiger partial charge on any atom is -0.493 e. The number of hydrogen-bond acceptors (Lipinski definition) is 4. The summed E-state index contributed by atoms with van der Waals surface area (Å²) < 4.78 is 10.4. The fraction of sp³-hybridized carbons (Fsp3) is 0.188. The minimum atomic E-state index is 0.0181. The first-order chi connectivity index (χ1) is 9.67. The van der Waals surface area contributed by atoms with E-state index in [9.17, 15) is 4.79 Å². The fourth-order valence-electron chi connectivity index (χ4n) is 2.04. The molecule has 104 valence electrons. The molecule has 0 aliphatic rings. The van der Waals surface area contributed by atoms with Gasteiger partial charge < -0.3 is 15.2 Å². The lowest BCUT2D eigenvalue weighted by Gasteiger charge is -2.13. The summed E-state index contributed by atoms with van der Waals surface area (Å²) in [6.07, 6.45) is 0.232. The number of methoxy groups -OCH3 is 2. The molecule has 20 heavy (non-hydrogen) atoms. The normalized spacial score (nSPS) is 10.1. The molecule has 0 atom stereocenters. The molecule has 0 saturated heterocycles. The Bertz CT molecular complexity index is 609. The van der Waals surface area contributed by atoms with Gasteiger partial charge >= 0.3 is 0 Å². The van der Waals surface area contributed by atoms with Crippen molar-refractivity contribution in [1.82, 2.24) is 0 Å². The smallest absolute Gasteiger partial charge is 0.184 e. The van der Waals surface area contributed by atoms with Gasteiger partial charge in [-0.15, -0.1) is 0 Å². The van der Waals surface area contributed by atoms with Crippen LogP contribution >= 0.6 is 0 Å². The molecular formula is C16H17NO3. The van der Waals surface area contributed by atoms with Crippen LogP contribution < -0.4 is 15.2 Å². The molecule has 0 amide bonds. The number of benzene rings is 2. The van der Waals surface area contributed by atoms with Gasteiger partial charge in [0.2, 0.25) is 0 Å². The fourth-order valence-corrected chi connectivity index (χ4v) is 2.04. The Morgan fingerprint density at radius 1 is 1.05 bits per heavy atom. The molecule has 2 aromatic rings. The number of anilines is 1. The number of hydrogen-bond donors (Lipinski definition) is 1. The van der Waals surface area contributed by atoms with Gasteiger partial charge in [0.1, 0.15) is 0 Å². The zero-order chi connectivity index (χ0) is 14.5. The minimum absolute atomic E-state index is 0.0181. The highest BCUT2D eigenvalue weighted by atomic mass is 16.5. The molecule has 4 heteroatoms. The lowest BCUT2D eigenvalue weighted by atomic mass is 10.0. The maximum Gasteiger partial charge on any atom is 0.184 e. The third-order valence-electron chi connectivity index (χ3n) is 3.12. The Morgan fingerprint density at radius 2 is 1.75 bits per heavy atom. The van der Waals surface area contributed by atoms with Gasteiger partial charge in [-0.25, -0.2) is 0 Å². The molecule has 0 aliphatic heterocycles. The van der Waals surface area contributed by atoms with Crippen molar-refractivity contribution in [3.05, 3.63) is 53.6 Å². The average Bonchev–Trinajstić information content (AvgIpc) is 2.49. The molecule has 0 spiro atoms. The maximum atomic E-state index is 12.2. The summed E-state index contributed by atoms with van der Waals surface area (Å²) in [4.78, 5) is 12.2. The monoisotopic (exact) mass is 271 g/mol. The molecule has 0 heterocycles. The summed E-state index contributed by atoms with van der Waals surface area (Å²) in [7, 11) is 3.07. The van der Waals surface area contributed by atoms with Gasteiger partial charge in [0.25, 0.3) is 0 Å². The van der Waals surface area contributed by atoms with E-state index in [0.29, 0.717) is 22.7 Å². The van der Waals surface area contributed by atoms with Crippen LogP contribution in [0.4, 0.5) is 5.69 Å². The second-order valence-corrected chi connectivity index (χ2v) is 4.34. The second kappa shape index (κ2) is 6.10. The van der Waals surface area contributed by atoms with E-state index in [2.05, 4.69) is 0 Å². The Balaban J connectivity index is 2.28. The summed E-state index contributed by atoms with van der Waals surface area (Å²) in [5.41, 5.74) is 7.88. The largest absolute Gasteiger partial charge is 0.493 e. The highest BCUT2D eigenvalue weighted by Gasteiger charge is 2.15. The molecule has 2 N–H and O–H groups in total. The van der Waals surface area contributed by atoms with E-state index >= 15 is 0 Å². The predicted octanol–water partition coefficient (Wildman–Crippen LogP) is 2.71. The number of carbonyl (C=O) groups excluding carboxylic acids is 1. The topological polar surface area (TPSA) is 61.5 Å². The number of rotatable bonds is 5. The molecule has 0 aromatic heterocycles. The summed E-state index contributed by atoms with van der Waals surface area (Å²) in [6.45, 7) is 0. The molecular weight excluding hydrogens is 254 g/mol. The lowest BCUT2D eigenvalue weighted by Crippen LogP contribution is -2.07. The standard InChI is InChI=1S/C16H17NO3/c1-19-14-9-8-12(15(17)16(14)20-2)10-13(18)11-6-4-3-5-7-11/h3-9H,10,17H2,1-2H3. The molecule has 0 aliphatic carbocycles. The van der Waals surface area contributed by atoms with Crippen LogP contribution in [0, 0.1) is 0 Å². The van der Waals surface area contributed by atoms with E-state index in [1.165, 1.54) is 7.11 Å². The molecule has 0 unspecified atom stereocenters. The summed E-state index contributed by atoms with van der Waals surface area (Å²) in [5.74, 6) is 1.04. The van der Waals surface area contributed by atoms with Gasteiger partial charge in [0, 0.05) is 12.0 Å². The molecule has 0 saturated carbocycles. The van der Waals surface area contributed by atoms with Crippen LogP contribution in [0.15, 0.2) is 42.5 Å². The summed E-state index contributed by atoms with van der Waals surface area (Å²) in [5, 5.41) is 0. The van der Waals surface area contributed by atoms with E-state index in [1.54, 1.807) is 31.4 Å². The van der Waals surface area contributed by atoms with Crippen LogP contribution in [-0.2, 0) is 6.42 Å². The molecule has 2 rings (SSSR count). The summed E-state index contributed by atoms with van der Waals surface area (Å²) in [6, 6.07) is 12.7. The summed E-state index contributed by atoms with van der Waals surface area (Å²) >= 11 is 0. The van der Waals surface area contributed by atoms with Gasteiger partial charge in [-0.3, -0.25) is 4.79 Å². The molecule has 2 aromatic carbocycles. The van der Waals surface area contributed by atoms with Crippen molar-refractivity contribution < 1.29 is 14.3 Å². The van der Waals surface area contributed by atoms with E-state index in [4.69, 9.17) is 15.2 Å². The van der Waals surface area contributed by atoms with Crippen LogP contribution in [0.25, 0.3) is 0 Å². The molecule has 0 radical (unpaired) electrons. The molecule has 0 fully saturated rings. The van der Waals surface area contributed by atoms with Crippen molar-refractivity contribution >= 4 is 11.5 Å². The second-order valence-electron chi connectivity index (χ2n) is 4.34. The highest BCUT2D eigenvalue weighted by molar-refractivity contribution is 5.98. The number of ketones is 1. The van der Waals surface area contributed by atoms with Gasteiger partial charge in [0.05, 0.1) is 19.9 Å². The lowest BCUT2D eigenvalue weighted by molar-refractivity contribution is 0.0993. The molecule has 0 bridgehead atoms. The Hall–Kier alpha value is -2.49. The Morgan fingerprint density at radius 3 is 2.35 bits per heavy atom. The van der Waals surface area contributed by atoms with Gasteiger partial charge in [-0.1, -0.05) is 36.4 Å². The third kappa shape index (κ3) is 2.74. The van der Waals surface area contributed by atoms with Crippen LogP contribution in [0.1, 0.15) is 15.9 Å². The van der Waals surface area contributed by atoms with Crippen molar-refractivity contribution in [3.8, 4) is 11.5 Å². The number of ether oxygens (including phenoxy) is 2. The quantitative estimate of drug-likeness (QED) is 0.671. The number of Topliss-reactive ketones (excluding diaryl/α,β-unsaturated/α-hetero) is 1. The van der Waals surface area contributed by atoms with Gasteiger partial charge in [0.15, 0.2) is 17.3 Å². The van der Waals surface area contributed by atoms with Crippen LogP contribution in [0.3, 0.4) is 0 Å². The zero-order valence-corrected chi connectivity index (χ0v) is 11.6. The van der Waals surface area contributed by atoms with Crippen molar-refractivity contribution in [2.75, 3.05) is 20.0 Å². The first kappa shape index (κ1) is 13.9. The predicted molar refractivity (Wildman–Crippen MR) is 78.4 cm³/mol. The Labute approximate surface area is 118 Å². The van der Waals surface area contributed by atoms with Crippen LogP contribution in [-0.4, -0.2) is 20.0 Å². The van der Waals surface area contributed by atoms with Crippen molar-refractivity contribution in [2.24, 2.45) is 0 Å². The molecule has 4 nitrogen and oxygen atoms in total. The van der Waals surface area contributed by atoms with Crippen LogP contribution in [0.2, 0.25) is 0 Å². The number of nitrogen functional groups attached to an aromatic ring is 1. The van der Waals surface area contributed by atoms with Crippen molar-refractivity contribution in [2.45, 2.75) is 6.42 Å². The van der Waals surface area contributed by atoms with E-state index in [1.807, 2.05) is 18.2 Å². The highest BCUT2D eigenvalue weighted by Crippen LogP contribution is 2.36. The maximum absolute atomic E-state index is 12.2. The van der Waals surface area contributed by atoms with Crippen molar-refractivity contribution in [1.29, 1.82) is 0 Å². The first-order valence-electron chi connectivity index (χ1n) is 6.25. The van der Waals surface area contributed by atoms with E-state index in [0.717, 1.165) is 5.56 Å². The van der Waals surface area contributed by atoms with Gasteiger partial charge in [-0.05, 0) is 11.6 Å². The SMILES string of the molecule is COc1ccc(CC(=O)c2ccccc2)c(N)c1OC. The number of carbonyl (C=O) groups is 1. The number of nitrogens with two attached hydrogens (primary N) is 1. The average molecular weight is 271 g/mol. The third-order valence-corrected chi connectivity index (χ3v) is 3.12. The van der Waals surface area contributed by atoms with Gasteiger partial charge in [-0.2, -0.15) is 0 Å². The first-order valence-corrected chi connectivity index (χ1v) is 6.25. The van der Waals surface area contributed by atoms with Crippen molar-refractivity contribution in [3.63, 3.8) is 0 Å². The Kier molecular flexibility index (Phi) is 4.25. The van der Waals surface area contributed by atoms with E-state index < -0.39 is 0 Å². The van der Waals surface area contributed by atoms with Crippen LogP contribution in [0.5, 0.6) is 11.5 Å². The van der Waals surface area contributed by atoms with E-state index in [-0.39, 0.29) is 12.2 Å². The zero-order valence-electron chi connectivity index (χ0n) is 11.6.